The van der Waals surface area contributed by atoms with Gasteiger partial charge in [0.1, 0.15) is 22.5 Å². The molecule has 1 aromatic heterocycles. The van der Waals surface area contributed by atoms with Crippen LogP contribution < -0.4 is 5.32 Å². The van der Waals surface area contributed by atoms with Gasteiger partial charge in [-0.15, -0.1) is 10.2 Å². The molecule has 2 rings (SSSR count). The van der Waals surface area contributed by atoms with Crippen molar-refractivity contribution in [1.82, 2.24) is 15.5 Å². The predicted octanol–water partition coefficient (Wildman–Crippen LogP) is 4.07. The SMILES string of the molecule is CCCNC(CC)c1nnc(-c2c(F)cc(F)cc2F)s1. The number of hydrogen-bond donors (Lipinski definition) is 1. The van der Waals surface area contributed by atoms with Crippen LogP contribution >= 0.6 is 11.3 Å². The highest BCUT2D eigenvalue weighted by Crippen LogP contribution is 2.32. The first-order valence-electron chi connectivity index (χ1n) is 6.78. The maximum atomic E-state index is 13.7. The number of aromatic nitrogens is 2. The Bertz CT molecular complexity index is 592. The van der Waals surface area contributed by atoms with Crippen LogP contribution in [0.15, 0.2) is 12.1 Å². The van der Waals surface area contributed by atoms with Gasteiger partial charge in [-0.2, -0.15) is 0 Å². The van der Waals surface area contributed by atoms with Crippen molar-refractivity contribution in [1.29, 1.82) is 0 Å². The third kappa shape index (κ3) is 3.59. The lowest BCUT2D eigenvalue weighted by atomic mass is 10.2. The van der Waals surface area contributed by atoms with E-state index in [1.807, 2.05) is 6.92 Å². The highest BCUT2D eigenvalue weighted by Gasteiger charge is 2.20. The zero-order valence-corrected chi connectivity index (χ0v) is 12.6. The molecule has 114 valence electrons. The second-order valence-electron chi connectivity index (χ2n) is 4.60. The van der Waals surface area contributed by atoms with E-state index in [-0.39, 0.29) is 16.6 Å². The molecule has 3 nitrogen and oxygen atoms in total. The van der Waals surface area contributed by atoms with Crippen LogP contribution in [0.4, 0.5) is 13.2 Å². The van der Waals surface area contributed by atoms with Crippen molar-refractivity contribution in [3.05, 3.63) is 34.6 Å². The van der Waals surface area contributed by atoms with E-state index in [0.29, 0.717) is 17.1 Å². The third-order valence-electron chi connectivity index (χ3n) is 3.01. The summed E-state index contributed by atoms with van der Waals surface area (Å²) in [5.74, 6) is -2.89. The highest BCUT2D eigenvalue weighted by atomic mass is 32.1. The predicted molar refractivity (Wildman–Crippen MR) is 76.5 cm³/mol. The molecule has 1 N–H and O–H groups in total. The number of hydrogen-bond acceptors (Lipinski definition) is 4. The Hall–Kier alpha value is -1.47. The van der Waals surface area contributed by atoms with Crippen LogP contribution in [-0.4, -0.2) is 16.7 Å². The summed E-state index contributed by atoms with van der Waals surface area (Å²) >= 11 is 1.12. The molecule has 1 aromatic carbocycles. The zero-order valence-electron chi connectivity index (χ0n) is 11.8. The average molecular weight is 315 g/mol. The Balaban J connectivity index is 2.31. The summed E-state index contributed by atoms with van der Waals surface area (Å²) in [5.41, 5.74) is -0.328. The Morgan fingerprint density at radius 2 is 1.81 bits per heavy atom. The van der Waals surface area contributed by atoms with Gasteiger partial charge in [0.25, 0.3) is 0 Å². The fourth-order valence-electron chi connectivity index (χ4n) is 1.95. The standard InChI is InChI=1S/C14H16F3N3S/c1-3-5-18-11(4-2)13-19-20-14(21-13)12-9(16)6-8(15)7-10(12)17/h6-7,11,18H,3-5H2,1-2H3. The molecule has 0 aliphatic heterocycles. The number of nitrogens with one attached hydrogen (secondary N) is 1. The van der Waals surface area contributed by atoms with E-state index in [1.165, 1.54) is 0 Å². The van der Waals surface area contributed by atoms with Gasteiger partial charge in [-0.25, -0.2) is 13.2 Å². The summed E-state index contributed by atoms with van der Waals surface area (Å²) in [6, 6.07) is 1.29. The molecule has 0 spiro atoms. The summed E-state index contributed by atoms with van der Waals surface area (Å²) in [6.45, 7) is 4.87. The number of halogens is 3. The summed E-state index contributed by atoms with van der Waals surface area (Å²) in [5, 5.41) is 11.9. The molecule has 7 heteroatoms. The van der Waals surface area contributed by atoms with Gasteiger partial charge < -0.3 is 5.32 Å². The monoisotopic (exact) mass is 315 g/mol. The topological polar surface area (TPSA) is 37.8 Å². The van der Waals surface area contributed by atoms with E-state index in [4.69, 9.17) is 0 Å². The molecule has 2 aromatic rings. The fraction of sp³-hybridized carbons (Fsp3) is 0.429. The molecule has 0 aliphatic carbocycles. The molecule has 0 bridgehead atoms. The van der Waals surface area contributed by atoms with Crippen LogP contribution in [0.2, 0.25) is 0 Å². The molecule has 1 heterocycles. The zero-order chi connectivity index (χ0) is 15.4. The average Bonchev–Trinajstić information content (AvgIpc) is 2.88. The van der Waals surface area contributed by atoms with Gasteiger partial charge >= 0.3 is 0 Å². The second-order valence-corrected chi connectivity index (χ2v) is 5.61. The van der Waals surface area contributed by atoms with Crippen LogP contribution in [-0.2, 0) is 0 Å². The van der Waals surface area contributed by atoms with Gasteiger partial charge in [0.2, 0.25) is 0 Å². The Morgan fingerprint density at radius 1 is 1.14 bits per heavy atom. The molecule has 0 aliphatic rings. The van der Waals surface area contributed by atoms with E-state index >= 15 is 0 Å². The molecular weight excluding hydrogens is 299 g/mol. The first-order valence-corrected chi connectivity index (χ1v) is 7.60. The maximum absolute atomic E-state index is 13.7. The Kier molecular flexibility index (Phi) is 5.30. The summed E-state index contributed by atoms with van der Waals surface area (Å²) < 4.78 is 40.4. The van der Waals surface area contributed by atoms with Crippen LogP contribution in [0.5, 0.6) is 0 Å². The number of rotatable bonds is 6. The lowest BCUT2D eigenvalue weighted by Gasteiger charge is -2.12. The van der Waals surface area contributed by atoms with Crippen LogP contribution in [0.1, 0.15) is 37.7 Å². The molecule has 0 fully saturated rings. The third-order valence-corrected chi connectivity index (χ3v) is 4.06. The van der Waals surface area contributed by atoms with Crippen LogP contribution in [0.3, 0.4) is 0 Å². The van der Waals surface area contributed by atoms with E-state index in [1.54, 1.807) is 0 Å². The second kappa shape index (κ2) is 7.00. The fourth-order valence-corrected chi connectivity index (χ4v) is 3.00. The molecule has 0 radical (unpaired) electrons. The van der Waals surface area contributed by atoms with E-state index < -0.39 is 17.5 Å². The van der Waals surface area contributed by atoms with Crippen molar-refractivity contribution in [3.63, 3.8) is 0 Å². The van der Waals surface area contributed by atoms with Gasteiger partial charge in [0.15, 0.2) is 5.01 Å². The quantitative estimate of drug-likeness (QED) is 0.873. The van der Waals surface area contributed by atoms with Crippen molar-refractivity contribution in [2.45, 2.75) is 32.7 Å². The molecule has 0 amide bonds. The first kappa shape index (κ1) is 15.9. The Morgan fingerprint density at radius 3 is 2.38 bits per heavy atom. The van der Waals surface area contributed by atoms with Gasteiger partial charge in [0, 0.05) is 12.1 Å². The van der Waals surface area contributed by atoms with Crippen LogP contribution in [0, 0.1) is 17.5 Å². The maximum Gasteiger partial charge on any atom is 0.153 e. The normalized spacial score (nSPS) is 12.6. The largest absolute Gasteiger partial charge is 0.308 e. The van der Waals surface area contributed by atoms with Gasteiger partial charge in [-0.1, -0.05) is 25.2 Å². The summed E-state index contributed by atoms with van der Waals surface area (Å²) in [4.78, 5) is 0. The summed E-state index contributed by atoms with van der Waals surface area (Å²) in [7, 11) is 0. The van der Waals surface area contributed by atoms with Crippen LogP contribution in [0.25, 0.3) is 10.6 Å². The Labute approximate surface area is 125 Å². The molecule has 0 saturated heterocycles. The van der Waals surface area contributed by atoms with Crippen molar-refractivity contribution in [3.8, 4) is 10.6 Å². The first-order chi connectivity index (χ1) is 10.1. The number of nitrogens with zero attached hydrogens (tertiary/aromatic N) is 2. The highest BCUT2D eigenvalue weighted by molar-refractivity contribution is 7.14. The molecular formula is C14H16F3N3S. The minimum atomic E-state index is -0.968. The minimum Gasteiger partial charge on any atom is -0.308 e. The van der Waals surface area contributed by atoms with E-state index in [9.17, 15) is 13.2 Å². The van der Waals surface area contributed by atoms with Gasteiger partial charge in [0.05, 0.1) is 11.6 Å². The smallest absolute Gasteiger partial charge is 0.153 e. The number of benzene rings is 1. The van der Waals surface area contributed by atoms with E-state index in [2.05, 4.69) is 22.4 Å². The molecule has 1 unspecified atom stereocenters. The molecule has 21 heavy (non-hydrogen) atoms. The van der Waals surface area contributed by atoms with Crippen molar-refractivity contribution >= 4 is 11.3 Å². The lowest BCUT2D eigenvalue weighted by molar-refractivity contribution is 0.513. The van der Waals surface area contributed by atoms with E-state index in [0.717, 1.165) is 30.7 Å². The molecule has 1 atom stereocenters. The van der Waals surface area contributed by atoms with Crippen molar-refractivity contribution in [2.75, 3.05) is 6.54 Å². The lowest BCUT2D eigenvalue weighted by Crippen LogP contribution is -2.21. The van der Waals surface area contributed by atoms with Gasteiger partial charge in [-0.05, 0) is 19.4 Å². The molecule has 0 saturated carbocycles. The van der Waals surface area contributed by atoms with Crippen molar-refractivity contribution in [2.24, 2.45) is 0 Å². The summed E-state index contributed by atoms with van der Waals surface area (Å²) in [6.07, 6.45) is 1.77. The minimum absolute atomic E-state index is 0.00257. The van der Waals surface area contributed by atoms with Crippen molar-refractivity contribution < 1.29 is 13.2 Å². The van der Waals surface area contributed by atoms with Gasteiger partial charge in [-0.3, -0.25) is 0 Å².